The standard InChI is InChI=1S/C10H12N2/c1-7-4-3-5-9-10(7)12-8(2)6-11-9/h3-5,11-12H,2,6H2,1H3. The van der Waals surface area contributed by atoms with Crippen LogP contribution in [0, 0.1) is 6.92 Å². The predicted molar refractivity (Wildman–Crippen MR) is 52.4 cm³/mol. The number of fused-ring (bicyclic) bond motifs is 1. The van der Waals surface area contributed by atoms with E-state index in [1.54, 1.807) is 0 Å². The Bertz CT molecular complexity index is 329. The Hall–Kier alpha value is -1.44. The van der Waals surface area contributed by atoms with Crippen LogP contribution >= 0.6 is 0 Å². The molecule has 2 rings (SSSR count). The molecule has 0 atom stereocenters. The second kappa shape index (κ2) is 2.55. The van der Waals surface area contributed by atoms with Crippen LogP contribution in [0.25, 0.3) is 0 Å². The maximum Gasteiger partial charge on any atom is 0.0647 e. The summed E-state index contributed by atoms with van der Waals surface area (Å²) in [4.78, 5) is 0. The van der Waals surface area contributed by atoms with E-state index >= 15 is 0 Å². The Morgan fingerprint density at radius 1 is 1.42 bits per heavy atom. The lowest BCUT2D eigenvalue weighted by Crippen LogP contribution is -2.18. The van der Waals surface area contributed by atoms with Crippen LogP contribution in [0.3, 0.4) is 0 Å². The molecular weight excluding hydrogens is 148 g/mol. The summed E-state index contributed by atoms with van der Waals surface area (Å²) in [6.07, 6.45) is 0. The first-order valence-corrected chi connectivity index (χ1v) is 4.05. The first kappa shape index (κ1) is 7.22. The van der Waals surface area contributed by atoms with Crippen molar-refractivity contribution in [1.29, 1.82) is 0 Å². The molecule has 1 heterocycles. The van der Waals surface area contributed by atoms with Gasteiger partial charge in [-0.1, -0.05) is 18.7 Å². The Balaban J connectivity index is 2.50. The van der Waals surface area contributed by atoms with Gasteiger partial charge in [0.2, 0.25) is 0 Å². The molecule has 0 bridgehead atoms. The van der Waals surface area contributed by atoms with Crippen molar-refractivity contribution in [3.63, 3.8) is 0 Å². The van der Waals surface area contributed by atoms with Crippen molar-refractivity contribution in [2.24, 2.45) is 0 Å². The van der Waals surface area contributed by atoms with Crippen LogP contribution < -0.4 is 10.6 Å². The molecule has 0 saturated heterocycles. The van der Waals surface area contributed by atoms with Crippen molar-refractivity contribution in [2.45, 2.75) is 6.92 Å². The summed E-state index contributed by atoms with van der Waals surface area (Å²) in [6, 6.07) is 6.21. The zero-order chi connectivity index (χ0) is 8.55. The number of anilines is 2. The van der Waals surface area contributed by atoms with Gasteiger partial charge in [0.25, 0.3) is 0 Å². The number of aryl methyl sites for hydroxylation is 1. The zero-order valence-corrected chi connectivity index (χ0v) is 7.15. The Morgan fingerprint density at radius 2 is 2.25 bits per heavy atom. The van der Waals surface area contributed by atoms with Crippen LogP contribution in [0.2, 0.25) is 0 Å². The molecular formula is C10H12N2. The summed E-state index contributed by atoms with van der Waals surface area (Å²) in [6.45, 7) is 6.79. The average Bonchev–Trinajstić information content (AvgIpc) is 2.07. The maximum atomic E-state index is 3.88. The van der Waals surface area contributed by atoms with Crippen molar-refractivity contribution in [3.8, 4) is 0 Å². The molecule has 0 saturated carbocycles. The molecule has 0 aromatic heterocycles. The molecule has 1 aromatic carbocycles. The largest absolute Gasteiger partial charge is 0.378 e. The number of benzene rings is 1. The summed E-state index contributed by atoms with van der Waals surface area (Å²) >= 11 is 0. The molecule has 1 aliphatic heterocycles. The molecule has 12 heavy (non-hydrogen) atoms. The lowest BCUT2D eigenvalue weighted by Gasteiger charge is -2.23. The SMILES string of the molecule is C=C1CNc2cccc(C)c2N1. The van der Waals surface area contributed by atoms with Gasteiger partial charge in [0.15, 0.2) is 0 Å². The Labute approximate surface area is 72.3 Å². The second-order valence-corrected chi connectivity index (χ2v) is 3.08. The molecule has 1 aliphatic rings. The normalized spacial score (nSPS) is 14.6. The van der Waals surface area contributed by atoms with Crippen molar-refractivity contribution in [1.82, 2.24) is 0 Å². The number of para-hydroxylation sites is 1. The topological polar surface area (TPSA) is 24.1 Å². The first-order chi connectivity index (χ1) is 5.77. The molecule has 2 N–H and O–H groups in total. The molecule has 0 amide bonds. The highest BCUT2D eigenvalue weighted by atomic mass is 15.0. The van der Waals surface area contributed by atoms with E-state index in [4.69, 9.17) is 0 Å². The van der Waals surface area contributed by atoms with Crippen molar-refractivity contribution in [3.05, 3.63) is 36.0 Å². The van der Waals surface area contributed by atoms with Gasteiger partial charge < -0.3 is 10.6 Å². The second-order valence-electron chi connectivity index (χ2n) is 3.08. The van der Waals surface area contributed by atoms with Crippen molar-refractivity contribution >= 4 is 11.4 Å². The molecule has 0 radical (unpaired) electrons. The smallest absolute Gasteiger partial charge is 0.0647 e. The Kier molecular flexibility index (Phi) is 1.54. The van der Waals surface area contributed by atoms with E-state index in [0.29, 0.717) is 0 Å². The summed E-state index contributed by atoms with van der Waals surface area (Å²) in [5.74, 6) is 0. The van der Waals surface area contributed by atoms with Crippen LogP contribution in [-0.4, -0.2) is 6.54 Å². The summed E-state index contributed by atoms with van der Waals surface area (Å²) in [7, 11) is 0. The molecule has 0 spiro atoms. The first-order valence-electron chi connectivity index (χ1n) is 4.05. The Morgan fingerprint density at radius 3 is 3.08 bits per heavy atom. The number of hydrogen-bond acceptors (Lipinski definition) is 2. The van der Waals surface area contributed by atoms with Gasteiger partial charge in [0, 0.05) is 5.70 Å². The number of hydrogen-bond donors (Lipinski definition) is 2. The van der Waals surface area contributed by atoms with Gasteiger partial charge in [-0.2, -0.15) is 0 Å². The summed E-state index contributed by atoms with van der Waals surface area (Å²) in [5, 5.41) is 6.56. The van der Waals surface area contributed by atoms with E-state index in [2.05, 4.69) is 42.3 Å². The molecule has 0 unspecified atom stereocenters. The summed E-state index contributed by atoms with van der Waals surface area (Å²) in [5.41, 5.74) is 4.61. The van der Waals surface area contributed by atoms with Gasteiger partial charge in [-0.3, -0.25) is 0 Å². The van der Waals surface area contributed by atoms with Crippen molar-refractivity contribution < 1.29 is 0 Å². The summed E-state index contributed by atoms with van der Waals surface area (Å²) < 4.78 is 0. The van der Waals surface area contributed by atoms with Gasteiger partial charge in [0.1, 0.15) is 0 Å². The molecule has 62 valence electrons. The fraction of sp³-hybridized carbons (Fsp3) is 0.200. The van der Waals surface area contributed by atoms with Gasteiger partial charge in [-0.25, -0.2) is 0 Å². The highest BCUT2D eigenvalue weighted by molar-refractivity contribution is 5.76. The van der Waals surface area contributed by atoms with E-state index in [-0.39, 0.29) is 0 Å². The fourth-order valence-electron chi connectivity index (χ4n) is 1.40. The fourth-order valence-corrected chi connectivity index (χ4v) is 1.40. The third kappa shape index (κ3) is 1.05. The maximum absolute atomic E-state index is 3.88. The average molecular weight is 160 g/mol. The lowest BCUT2D eigenvalue weighted by molar-refractivity contribution is 1.17. The zero-order valence-electron chi connectivity index (χ0n) is 7.15. The van der Waals surface area contributed by atoms with Crippen LogP contribution in [0.1, 0.15) is 5.56 Å². The van der Waals surface area contributed by atoms with Gasteiger partial charge >= 0.3 is 0 Å². The molecule has 2 nitrogen and oxygen atoms in total. The molecule has 1 aromatic rings. The van der Waals surface area contributed by atoms with E-state index < -0.39 is 0 Å². The van der Waals surface area contributed by atoms with E-state index in [1.165, 1.54) is 11.3 Å². The van der Waals surface area contributed by atoms with Gasteiger partial charge in [-0.15, -0.1) is 0 Å². The van der Waals surface area contributed by atoms with Gasteiger partial charge in [0.05, 0.1) is 17.9 Å². The molecule has 0 aliphatic carbocycles. The van der Waals surface area contributed by atoms with Crippen LogP contribution in [0.5, 0.6) is 0 Å². The molecule has 2 heteroatoms. The minimum atomic E-state index is 0.816. The van der Waals surface area contributed by atoms with E-state index in [9.17, 15) is 0 Å². The van der Waals surface area contributed by atoms with Crippen LogP contribution in [0.15, 0.2) is 30.5 Å². The van der Waals surface area contributed by atoms with E-state index in [1.807, 2.05) is 0 Å². The van der Waals surface area contributed by atoms with E-state index in [0.717, 1.165) is 17.9 Å². The number of nitrogens with one attached hydrogen (secondary N) is 2. The minimum absolute atomic E-state index is 0.816. The third-order valence-electron chi connectivity index (χ3n) is 2.07. The third-order valence-corrected chi connectivity index (χ3v) is 2.07. The molecule has 0 fully saturated rings. The quantitative estimate of drug-likeness (QED) is 0.608. The number of rotatable bonds is 0. The highest BCUT2D eigenvalue weighted by Gasteiger charge is 2.10. The highest BCUT2D eigenvalue weighted by Crippen LogP contribution is 2.29. The van der Waals surface area contributed by atoms with Crippen molar-refractivity contribution in [2.75, 3.05) is 17.2 Å². The van der Waals surface area contributed by atoms with Gasteiger partial charge in [-0.05, 0) is 18.6 Å². The van der Waals surface area contributed by atoms with Crippen LogP contribution in [0.4, 0.5) is 11.4 Å². The lowest BCUT2D eigenvalue weighted by atomic mass is 10.1. The monoisotopic (exact) mass is 160 g/mol. The predicted octanol–water partition coefficient (Wildman–Crippen LogP) is 2.35. The van der Waals surface area contributed by atoms with Crippen LogP contribution in [-0.2, 0) is 0 Å². The minimum Gasteiger partial charge on any atom is -0.378 e.